The van der Waals surface area contributed by atoms with Crippen molar-refractivity contribution in [3.63, 3.8) is 0 Å². The molecule has 0 bridgehead atoms. The van der Waals surface area contributed by atoms with Gasteiger partial charge in [0.2, 0.25) is 0 Å². The molecular formula is C8H9N3. The molecule has 2 aromatic heterocycles. The zero-order valence-electron chi connectivity index (χ0n) is 6.36. The Morgan fingerprint density at radius 1 is 1.55 bits per heavy atom. The topological polar surface area (TPSA) is 30.2 Å². The Labute approximate surface area is 64.7 Å². The van der Waals surface area contributed by atoms with Crippen molar-refractivity contribution in [3.8, 4) is 0 Å². The summed E-state index contributed by atoms with van der Waals surface area (Å²) >= 11 is 0. The Balaban J connectivity index is 2.67. The van der Waals surface area contributed by atoms with E-state index in [0.717, 1.165) is 12.1 Å². The highest BCUT2D eigenvalue weighted by atomic mass is 15.3. The number of aryl methyl sites for hydroxylation is 1. The van der Waals surface area contributed by atoms with Crippen LogP contribution in [-0.2, 0) is 6.42 Å². The number of rotatable bonds is 1. The van der Waals surface area contributed by atoms with Gasteiger partial charge < -0.3 is 0 Å². The molecule has 3 nitrogen and oxygen atoms in total. The minimum Gasteiger partial charge on any atom is -0.221 e. The van der Waals surface area contributed by atoms with Crippen molar-refractivity contribution >= 4 is 5.65 Å². The second-order valence-corrected chi connectivity index (χ2v) is 2.45. The third-order valence-corrected chi connectivity index (χ3v) is 1.75. The maximum absolute atomic E-state index is 4.08. The maximum atomic E-state index is 4.08. The van der Waals surface area contributed by atoms with E-state index in [0.29, 0.717) is 0 Å². The average molecular weight is 147 g/mol. The van der Waals surface area contributed by atoms with Gasteiger partial charge in [0.1, 0.15) is 6.33 Å². The van der Waals surface area contributed by atoms with Crippen LogP contribution in [0.1, 0.15) is 12.5 Å². The third-order valence-electron chi connectivity index (χ3n) is 1.75. The lowest BCUT2D eigenvalue weighted by molar-refractivity contribution is 0.951. The van der Waals surface area contributed by atoms with Gasteiger partial charge in [0.05, 0.1) is 0 Å². The molecule has 0 spiro atoms. The predicted molar refractivity (Wildman–Crippen MR) is 42.4 cm³/mol. The Kier molecular flexibility index (Phi) is 1.35. The van der Waals surface area contributed by atoms with Gasteiger partial charge in [-0.05, 0) is 24.1 Å². The second-order valence-electron chi connectivity index (χ2n) is 2.45. The molecule has 2 aromatic rings. The quantitative estimate of drug-likeness (QED) is 0.608. The fraction of sp³-hybridized carbons (Fsp3) is 0.250. The Morgan fingerprint density at radius 3 is 3.27 bits per heavy atom. The summed E-state index contributed by atoms with van der Waals surface area (Å²) in [6.07, 6.45) is 4.54. The van der Waals surface area contributed by atoms with Crippen molar-refractivity contribution < 1.29 is 0 Å². The number of aromatic nitrogens is 3. The molecule has 56 valence electrons. The summed E-state index contributed by atoms with van der Waals surface area (Å²) in [7, 11) is 0. The van der Waals surface area contributed by atoms with Crippen LogP contribution in [0.3, 0.4) is 0 Å². The molecule has 0 aliphatic rings. The minimum atomic E-state index is 0.921. The predicted octanol–water partition coefficient (Wildman–Crippen LogP) is 1.29. The van der Waals surface area contributed by atoms with Crippen LogP contribution >= 0.6 is 0 Å². The van der Waals surface area contributed by atoms with E-state index in [1.54, 1.807) is 10.8 Å². The Morgan fingerprint density at radius 2 is 2.45 bits per heavy atom. The first-order chi connectivity index (χ1) is 5.40. The fourth-order valence-electron chi connectivity index (χ4n) is 1.08. The van der Waals surface area contributed by atoms with Gasteiger partial charge in [0, 0.05) is 6.20 Å². The van der Waals surface area contributed by atoms with E-state index >= 15 is 0 Å². The number of nitrogens with zero attached hydrogens (tertiary/aromatic N) is 3. The van der Waals surface area contributed by atoms with E-state index in [2.05, 4.69) is 23.1 Å². The smallest absolute Gasteiger partial charge is 0.155 e. The third kappa shape index (κ3) is 0.981. The maximum Gasteiger partial charge on any atom is 0.155 e. The number of fused-ring (bicyclic) bond motifs is 1. The van der Waals surface area contributed by atoms with Crippen LogP contribution in [0.15, 0.2) is 24.7 Å². The SMILES string of the molecule is CCc1ccn2ncnc2c1. The molecule has 3 heteroatoms. The highest BCUT2D eigenvalue weighted by Crippen LogP contribution is 2.03. The second kappa shape index (κ2) is 2.34. The summed E-state index contributed by atoms with van der Waals surface area (Å²) in [6, 6.07) is 4.11. The molecule has 0 saturated carbocycles. The lowest BCUT2D eigenvalue weighted by Crippen LogP contribution is -1.88. The van der Waals surface area contributed by atoms with Gasteiger partial charge in [-0.15, -0.1) is 0 Å². The van der Waals surface area contributed by atoms with Crippen LogP contribution in [0.25, 0.3) is 5.65 Å². The van der Waals surface area contributed by atoms with Crippen molar-refractivity contribution in [2.45, 2.75) is 13.3 Å². The van der Waals surface area contributed by atoms with Crippen molar-refractivity contribution in [1.29, 1.82) is 0 Å². The molecule has 2 heterocycles. The average Bonchev–Trinajstić information content (AvgIpc) is 2.50. The van der Waals surface area contributed by atoms with Gasteiger partial charge in [-0.1, -0.05) is 6.92 Å². The molecule has 11 heavy (non-hydrogen) atoms. The molecule has 0 amide bonds. The molecular weight excluding hydrogens is 138 g/mol. The summed E-state index contributed by atoms with van der Waals surface area (Å²) in [5, 5.41) is 4.00. The lowest BCUT2D eigenvalue weighted by atomic mass is 10.2. The van der Waals surface area contributed by atoms with Gasteiger partial charge >= 0.3 is 0 Å². The molecule has 0 saturated heterocycles. The highest BCUT2D eigenvalue weighted by molar-refractivity contribution is 5.39. The van der Waals surface area contributed by atoms with E-state index < -0.39 is 0 Å². The fourth-order valence-corrected chi connectivity index (χ4v) is 1.08. The van der Waals surface area contributed by atoms with Gasteiger partial charge in [0.15, 0.2) is 5.65 Å². The first-order valence-electron chi connectivity index (χ1n) is 3.68. The van der Waals surface area contributed by atoms with Crippen LogP contribution in [0.4, 0.5) is 0 Å². The Bertz CT molecular complexity index is 364. The monoisotopic (exact) mass is 147 g/mol. The van der Waals surface area contributed by atoms with Crippen LogP contribution in [0.5, 0.6) is 0 Å². The summed E-state index contributed by atoms with van der Waals surface area (Å²) in [6.45, 7) is 2.13. The van der Waals surface area contributed by atoms with E-state index in [-0.39, 0.29) is 0 Å². The van der Waals surface area contributed by atoms with Crippen LogP contribution < -0.4 is 0 Å². The number of pyridine rings is 1. The van der Waals surface area contributed by atoms with Gasteiger partial charge in [0.25, 0.3) is 0 Å². The molecule has 0 aliphatic heterocycles. The summed E-state index contributed by atoms with van der Waals surface area (Å²) in [5.41, 5.74) is 2.22. The van der Waals surface area contributed by atoms with Crippen LogP contribution in [-0.4, -0.2) is 14.6 Å². The summed E-state index contributed by atoms with van der Waals surface area (Å²) < 4.78 is 1.76. The van der Waals surface area contributed by atoms with Crippen molar-refractivity contribution in [3.05, 3.63) is 30.2 Å². The molecule has 0 N–H and O–H groups in total. The zero-order valence-corrected chi connectivity index (χ0v) is 6.36. The largest absolute Gasteiger partial charge is 0.221 e. The van der Waals surface area contributed by atoms with E-state index in [1.807, 2.05) is 12.3 Å². The van der Waals surface area contributed by atoms with Crippen LogP contribution in [0, 0.1) is 0 Å². The van der Waals surface area contributed by atoms with Gasteiger partial charge in [-0.25, -0.2) is 9.50 Å². The van der Waals surface area contributed by atoms with Crippen molar-refractivity contribution in [2.75, 3.05) is 0 Å². The molecule has 0 aliphatic carbocycles. The minimum absolute atomic E-state index is 0.921. The molecule has 2 rings (SSSR count). The normalized spacial score (nSPS) is 10.6. The van der Waals surface area contributed by atoms with Crippen molar-refractivity contribution in [2.24, 2.45) is 0 Å². The lowest BCUT2D eigenvalue weighted by Gasteiger charge is -1.94. The molecule has 0 atom stereocenters. The number of hydrogen-bond donors (Lipinski definition) is 0. The van der Waals surface area contributed by atoms with Gasteiger partial charge in [-0.3, -0.25) is 0 Å². The molecule has 0 radical (unpaired) electrons. The van der Waals surface area contributed by atoms with E-state index in [9.17, 15) is 0 Å². The molecule has 0 unspecified atom stereocenters. The van der Waals surface area contributed by atoms with E-state index in [1.165, 1.54) is 5.56 Å². The Hall–Kier alpha value is -1.38. The highest BCUT2D eigenvalue weighted by Gasteiger charge is 1.94. The van der Waals surface area contributed by atoms with Crippen molar-refractivity contribution in [1.82, 2.24) is 14.6 Å². The van der Waals surface area contributed by atoms with E-state index in [4.69, 9.17) is 0 Å². The first-order valence-corrected chi connectivity index (χ1v) is 3.68. The summed E-state index contributed by atoms with van der Waals surface area (Å²) in [5.74, 6) is 0. The summed E-state index contributed by atoms with van der Waals surface area (Å²) in [4.78, 5) is 4.08. The zero-order chi connectivity index (χ0) is 7.68. The molecule has 0 aromatic carbocycles. The standard InChI is InChI=1S/C8H9N3/c1-2-7-3-4-11-8(5-7)9-6-10-11/h3-6H,2H2,1H3. The number of hydrogen-bond acceptors (Lipinski definition) is 2. The van der Waals surface area contributed by atoms with Gasteiger partial charge in [-0.2, -0.15) is 5.10 Å². The molecule has 0 fully saturated rings. The first kappa shape index (κ1) is 6.34. The van der Waals surface area contributed by atoms with Crippen LogP contribution in [0.2, 0.25) is 0 Å².